The molecule has 0 aliphatic heterocycles. The summed E-state index contributed by atoms with van der Waals surface area (Å²) in [6, 6.07) is 27.1. The fourth-order valence-corrected chi connectivity index (χ4v) is 5.54. The number of hydrogen-bond donors (Lipinski definition) is 1. The van der Waals surface area contributed by atoms with Crippen LogP contribution in [0.5, 0.6) is 0 Å². The molecule has 1 heterocycles. The highest BCUT2D eigenvalue weighted by molar-refractivity contribution is 7.98. The highest BCUT2D eigenvalue weighted by Crippen LogP contribution is 2.31. The number of hydrogen-bond acceptors (Lipinski definition) is 4. The molecule has 5 aromatic rings. The number of amides is 1. The Hall–Kier alpha value is -4.01. The van der Waals surface area contributed by atoms with Crippen LogP contribution in [-0.2, 0) is 23.4 Å². The van der Waals surface area contributed by atoms with Gasteiger partial charge in [0.1, 0.15) is 11.6 Å². The van der Waals surface area contributed by atoms with Crippen molar-refractivity contribution in [2.45, 2.75) is 36.7 Å². The van der Waals surface area contributed by atoms with E-state index in [1.807, 2.05) is 60.0 Å². The Balaban J connectivity index is 1.52. The van der Waals surface area contributed by atoms with Gasteiger partial charge in [-0.25, -0.2) is 8.78 Å². The molecule has 41 heavy (non-hydrogen) atoms. The van der Waals surface area contributed by atoms with Crippen molar-refractivity contribution >= 4 is 29.3 Å². The third-order valence-electron chi connectivity index (χ3n) is 6.56. The average Bonchev–Trinajstić information content (AvgIpc) is 3.39. The number of thioether (sulfide) groups is 1. The van der Waals surface area contributed by atoms with Gasteiger partial charge < -0.3 is 5.32 Å². The van der Waals surface area contributed by atoms with Crippen molar-refractivity contribution in [3.05, 3.63) is 142 Å². The third kappa shape index (κ3) is 7.39. The lowest BCUT2D eigenvalue weighted by Crippen LogP contribution is -2.33. The Kier molecular flexibility index (Phi) is 9.11. The van der Waals surface area contributed by atoms with Gasteiger partial charge in [0, 0.05) is 10.8 Å². The molecule has 0 saturated heterocycles. The predicted molar refractivity (Wildman–Crippen MR) is 158 cm³/mol. The second-order valence-electron chi connectivity index (χ2n) is 9.64. The molecule has 1 amide bonds. The lowest BCUT2D eigenvalue weighted by molar-refractivity contribution is -0.121. The van der Waals surface area contributed by atoms with E-state index in [9.17, 15) is 13.6 Å². The molecular formula is C32H27ClF2N4OS. The number of halogens is 3. The summed E-state index contributed by atoms with van der Waals surface area (Å²) in [5.74, 6) is 0.215. The Morgan fingerprint density at radius 2 is 1.54 bits per heavy atom. The Bertz CT molecular complexity index is 1630. The molecule has 0 aliphatic carbocycles. The zero-order valence-electron chi connectivity index (χ0n) is 22.2. The monoisotopic (exact) mass is 588 g/mol. The zero-order chi connectivity index (χ0) is 28.8. The van der Waals surface area contributed by atoms with Crippen molar-refractivity contribution in [3.8, 4) is 5.69 Å². The number of benzene rings is 4. The van der Waals surface area contributed by atoms with Crippen molar-refractivity contribution in [2.24, 2.45) is 0 Å². The minimum absolute atomic E-state index is 0.0854. The van der Waals surface area contributed by atoms with Crippen LogP contribution in [0, 0.1) is 18.6 Å². The van der Waals surface area contributed by atoms with Crippen LogP contribution in [0.1, 0.15) is 34.1 Å². The van der Waals surface area contributed by atoms with Gasteiger partial charge in [-0.3, -0.25) is 9.36 Å². The molecular weight excluding hydrogens is 562 g/mol. The van der Waals surface area contributed by atoms with Crippen LogP contribution in [0.25, 0.3) is 5.69 Å². The van der Waals surface area contributed by atoms with E-state index in [4.69, 9.17) is 11.6 Å². The van der Waals surface area contributed by atoms with Gasteiger partial charge in [0.25, 0.3) is 0 Å². The molecule has 1 unspecified atom stereocenters. The van der Waals surface area contributed by atoms with Gasteiger partial charge in [-0.15, -0.1) is 10.2 Å². The van der Waals surface area contributed by atoms with Crippen molar-refractivity contribution in [2.75, 3.05) is 0 Å². The SMILES string of the molecule is Cc1ccc(Cl)cc1-n1c(SCc2ccc(F)cc2)nnc1C(Cc1ccccc1)NC(=O)Cc1ccc(F)cc1. The number of carbonyl (C=O) groups excluding carboxylic acids is 1. The molecule has 0 saturated carbocycles. The summed E-state index contributed by atoms with van der Waals surface area (Å²) in [6.45, 7) is 1.98. The Morgan fingerprint density at radius 3 is 2.22 bits per heavy atom. The summed E-state index contributed by atoms with van der Waals surface area (Å²) in [5, 5.41) is 13.4. The molecule has 1 atom stereocenters. The molecule has 0 aliphatic rings. The highest BCUT2D eigenvalue weighted by Gasteiger charge is 2.26. The predicted octanol–water partition coefficient (Wildman–Crippen LogP) is 7.44. The largest absolute Gasteiger partial charge is 0.345 e. The van der Waals surface area contributed by atoms with Crippen LogP contribution in [0.3, 0.4) is 0 Å². The average molecular weight is 589 g/mol. The smallest absolute Gasteiger partial charge is 0.225 e. The molecule has 5 rings (SSSR count). The fraction of sp³-hybridized carbons (Fsp3) is 0.156. The summed E-state index contributed by atoms with van der Waals surface area (Å²) < 4.78 is 28.8. The van der Waals surface area contributed by atoms with E-state index in [0.29, 0.717) is 33.7 Å². The molecule has 1 aromatic heterocycles. The Labute approximate surface area is 246 Å². The van der Waals surface area contributed by atoms with Crippen LogP contribution >= 0.6 is 23.4 Å². The highest BCUT2D eigenvalue weighted by atomic mass is 35.5. The van der Waals surface area contributed by atoms with E-state index in [1.165, 1.54) is 36.0 Å². The molecule has 0 bridgehead atoms. The first-order chi connectivity index (χ1) is 19.9. The maximum absolute atomic E-state index is 13.5. The molecule has 0 spiro atoms. The van der Waals surface area contributed by atoms with E-state index in [-0.39, 0.29) is 24.0 Å². The normalized spacial score (nSPS) is 11.8. The summed E-state index contributed by atoms with van der Waals surface area (Å²) in [7, 11) is 0. The van der Waals surface area contributed by atoms with Crippen LogP contribution in [-0.4, -0.2) is 20.7 Å². The van der Waals surface area contributed by atoms with Crippen molar-refractivity contribution in [3.63, 3.8) is 0 Å². The van der Waals surface area contributed by atoms with E-state index < -0.39 is 6.04 Å². The minimum atomic E-state index is -0.531. The van der Waals surface area contributed by atoms with E-state index >= 15 is 0 Å². The van der Waals surface area contributed by atoms with Gasteiger partial charge >= 0.3 is 0 Å². The topological polar surface area (TPSA) is 59.8 Å². The lowest BCUT2D eigenvalue weighted by Gasteiger charge is -2.21. The minimum Gasteiger partial charge on any atom is -0.345 e. The summed E-state index contributed by atoms with van der Waals surface area (Å²) >= 11 is 7.89. The van der Waals surface area contributed by atoms with Gasteiger partial charge in [0.2, 0.25) is 5.91 Å². The first-order valence-corrected chi connectivity index (χ1v) is 14.4. The number of nitrogens with one attached hydrogen (secondary N) is 1. The summed E-state index contributed by atoms with van der Waals surface area (Å²) in [4.78, 5) is 13.3. The van der Waals surface area contributed by atoms with Gasteiger partial charge in [0.15, 0.2) is 11.0 Å². The van der Waals surface area contributed by atoms with E-state index in [1.54, 1.807) is 24.3 Å². The Morgan fingerprint density at radius 1 is 0.878 bits per heavy atom. The molecule has 4 aromatic carbocycles. The molecule has 5 nitrogen and oxygen atoms in total. The molecule has 1 N–H and O–H groups in total. The first-order valence-electron chi connectivity index (χ1n) is 13.0. The zero-order valence-corrected chi connectivity index (χ0v) is 23.8. The summed E-state index contributed by atoms with van der Waals surface area (Å²) in [5.41, 5.74) is 4.39. The fourth-order valence-electron chi connectivity index (χ4n) is 4.47. The molecule has 9 heteroatoms. The summed E-state index contributed by atoms with van der Waals surface area (Å²) in [6.07, 6.45) is 0.554. The quantitative estimate of drug-likeness (QED) is 0.172. The van der Waals surface area contributed by atoms with Crippen LogP contribution in [0.4, 0.5) is 8.78 Å². The number of aromatic nitrogens is 3. The van der Waals surface area contributed by atoms with Gasteiger partial charge in [-0.1, -0.05) is 84.0 Å². The standard InChI is InChI=1S/C32H27ClF2N4OS/c1-21-7-12-25(33)19-29(21)39-31(37-38-32(39)41-20-24-10-15-27(35)16-11-24)28(17-22-5-3-2-4-6-22)36-30(40)18-23-8-13-26(34)14-9-23/h2-16,19,28H,17-18,20H2,1H3,(H,36,40). The third-order valence-corrected chi connectivity index (χ3v) is 7.79. The maximum Gasteiger partial charge on any atom is 0.225 e. The van der Waals surface area contributed by atoms with Gasteiger partial charge in [-0.05, 0) is 72.0 Å². The van der Waals surface area contributed by atoms with Gasteiger partial charge in [-0.2, -0.15) is 0 Å². The first kappa shape index (κ1) is 28.5. The lowest BCUT2D eigenvalue weighted by atomic mass is 10.0. The number of nitrogens with zero attached hydrogens (tertiary/aromatic N) is 3. The molecule has 0 fully saturated rings. The number of carbonyl (C=O) groups is 1. The van der Waals surface area contributed by atoms with E-state index in [2.05, 4.69) is 15.5 Å². The van der Waals surface area contributed by atoms with Crippen molar-refractivity contribution < 1.29 is 13.6 Å². The van der Waals surface area contributed by atoms with Crippen molar-refractivity contribution in [1.82, 2.24) is 20.1 Å². The van der Waals surface area contributed by atoms with Crippen LogP contribution in [0.2, 0.25) is 5.02 Å². The van der Waals surface area contributed by atoms with Crippen LogP contribution in [0.15, 0.2) is 102 Å². The van der Waals surface area contributed by atoms with Gasteiger partial charge in [0.05, 0.1) is 18.2 Å². The number of aryl methyl sites for hydroxylation is 1. The maximum atomic E-state index is 13.5. The second-order valence-corrected chi connectivity index (χ2v) is 11.0. The number of rotatable bonds is 10. The molecule has 0 radical (unpaired) electrons. The second kappa shape index (κ2) is 13.1. The molecule has 208 valence electrons. The van der Waals surface area contributed by atoms with E-state index in [0.717, 1.165) is 22.4 Å². The van der Waals surface area contributed by atoms with Crippen LogP contribution < -0.4 is 5.32 Å². The van der Waals surface area contributed by atoms with Crippen molar-refractivity contribution in [1.29, 1.82) is 0 Å².